The Morgan fingerprint density at radius 3 is 2.39 bits per heavy atom. The molecular weight excluding hydrogens is 448 g/mol. The predicted molar refractivity (Wildman–Crippen MR) is 143 cm³/mol. The zero-order chi connectivity index (χ0) is 26.5. The van der Waals surface area contributed by atoms with E-state index in [1.54, 1.807) is 0 Å². The normalized spacial score (nSPS) is 53.6. The molecule has 0 aromatic rings. The number of allylic oxidation sites excluding steroid dienone is 2. The molecule has 11 atom stereocenters. The van der Waals surface area contributed by atoms with Gasteiger partial charge in [-0.25, -0.2) is 0 Å². The Hall–Kier alpha value is -1.13. The average molecular weight is 499 g/mol. The van der Waals surface area contributed by atoms with Crippen molar-refractivity contribution in [2.75, 3.05) is 0 Å². The number of hydrogen-bond acceptors (Lipinski definition) is 4. The van der Waals surface area contributed by atoms with Gasteiger partial charge < -0.3 is 14.9 Å². The van der Waals surface area contributed by atoms with Crippen molar-refractivity contribution in [1.29, 1.82) is 0 Å². The highest BCUT2D eigenvalue weighted by Gasteiger charge is 2.70. The van der Waals surface area contributed by atoms with Gasteiger partial charge in [0.25, 0.3) is 0 Å². The maximum absolute atomic E-state index is 13.6. The summed E-state index contributed by atoms with van der Waals surface area (Å²) in [5.41, 5.74) is 0.857. The van der Waals surface area contributed by atoms with E-state index in [0.29, 0.717) is 30.1 Å². The Labute approximate surface area is 219 Å². The molecular formula is C32H50O4. The first-order valence-corrected chi connectivity index (χ1v) is 14.6. The summed E-state index contributed by atoms with van der Waals surface area (Å²) in [6.07, 6.45) is 10.3. The predicted octanol–water partition coefficient (Wildman–Crippen LogP) is 6.66. The highest BCUT2D eigenvalue weighted by atomic mass is 16.5. The Morgan fingerprint density at radius 2 is 1.72 bits per heavy atom. The summed E-state index contributed by atoms with van der Waals surface area (Å²) >= 11 is 0. The summed E-state index contributed by atoms with van der Waals surface area (Å²) in [6, 6.07) is 0. The molecule has 0 amide bonds. The third kappa shape index (κ3) is 3.09. The van der Waals surface area contributed by atoms with Crippen LogP contribution in [-0.2, 0) is 9.53 Å². The molecule has 2 N–H and O–H groups in total. The van der Waals surface area contributed by atoms with E-state index in [1.807, 2.05) is 0 Å². The zero-order valence-electron chi connectivity index (χ0n) is 23.8. The minimum absolute atomic E-state index is 0.0169. The van der Waals surface area contributed by atoms with Gasteiger partial charge in [-0.15, -0.1) is 0 Å². The van der Waals surface area contributed by atoms with Gasteiger partial charge in [0.1, 0.15) is 0 Å². The number of fused-ring (bicyclic) bond motifs is 7. The van der Waals surface area contributed by atoms with Gasteiger partial charge in [0.2, 0.25) is 0 Å². The molecule has 0 aromatic heterocycles. The molecule has 5 rings (SSSR count). The van der Waals surface area contributed by atoms with Gasteiger partial charge in [-0.05, 0) is 103 Å². The van der Waals surface area contributed by atoms with Gasteiger partial charge in [0.15, 0.2) is 0 Å². The highest BCUT2D eigenvalue weighted by molar-refractivity contribution is 5.79. The van der Waals surface area contributed by atoms with Gasteiger partial charge in [0, 0.05) is 0 Å². The Morgan fingerprint density at radius 1 is 1.03 bits per heavy atom. The van der Waals surface area contributed by atoms with Crippen LogP contribution in [0, 0.1) is 56.7 Å². The number of carbonyl (C=O) groups is 1. The number of ether oxygens (including phenoxy) is 1. The molecule has 36 heavy (non-hydrogen) atoms. The summed E-state index contributed by atoms with van der Waals surface area (Å²) < 4.78 is 5.55. The SMILES string of the molecule is C=COC(=O)[C@]12CC[C@@H](C)[C@H](C)[C@H]1C1=CC[C@@H]3[C@@]4(C)C[C@@H](O)[C@H](O)C(C)(C)[C@@H]4CC[C@@]3(C)[C@]1(C)CC2. The van der Waals surface area contributed by atoms with Crippen LogP contribution in [0.1, 0.15) is 99.8 Å². The third-order valence-electron chi connectivity index (χ3n) is 13.5. The van der Waals surface area contributed by atoms with Crippen molar-refractivity contribution >= 4 is 5.97 Å². The largest absolute Gasteiger partial charge is 0.435 e. The van der Waals surface area contributed by atoms with Gasteiger partial charge in [-0.3, -0.25) is 4.79 Å². The molecule has 0 bridgehead atoms. The number of aliphatic hydroxyl groups is 2. The smallest absolute Gasteiger partial charge is 0.317 e. The van der Waals surface area contributed by atoms with Crippen LogP contribution in [0.2, 0.25) is 0 Å². The van der Waals surface area contributed by atoms with Gasteiger partial charge in [-0.2, -0.15) is 0 Å². The fourth-order valence-corrected chi connectivity index (χ4v) is 11.2. The molecule has 5 aliphatic rings. The molecule has 4 heteroatoms. The van der Waals surface area contributed by atoms with Gasteiger partial charge in [-0.1, -0.05) is 66.7 Å². The van der Waals surface area contributed by atoms with Crippen molar-refractivity contribution in [2.24, 2.45) is 56.7 Å². The van der Waals surface area contributed by atoms with Crippen LogP contribution in [0.4, 0.5) is 0 Å². The summed E-state index contributed by atoms with van der Waals surface area (Å²) in [6.45, 7) is 20.2. The molecule has 0 radical (unpaired) electrons. The number of aliphatic hydroxyl groups excluding tert-OH is 2. The topological polar surface area (TPSA) is 66.8 Å². The van der Waals surface area contributed by atoms with Gasteiger partial charge >= 0.3 is 5.97 Å². The molecule has 4 nitrogen and oxygen atoms in total. The molecule has 5 aliphatic carbocycles. The standard InChI is InChI=1S/C32H50O4/c1-9-36-27(35)32-15-12-19(2)20(3)25(32)21-10-11-24-29(6)18-22(33)26(34)28(4,5)23(29)13-14-31(24,8)30(21,7)16-17-32/h9-10,19-20,22-26,33-34H,1,11-18H2,2-8H3/t19-,20+,22-,23+,24-,25+,26+,29+,30-,31-,32+/m1/s1. The lowest BCUT2D eigenvalue weighted by Crippen LogP contribution is -2.67. The summed E-state index contributed by atoms with van der Waals surface area (Å²) in [5.74, 6) is 1.99. The van der Waals surface area contributed by atoms with Gasteiger partial charge in [0.05, 0.1) is 23.9 Å². The molecule has 0 unspecified atom stereocenters. The van der Waals surface area contributed by atoms with Crippen molar-refractivity contribution in [3.05, 3.63) is 24.5 Å². The Balaban J connectivity index is 1.61. The van der Waals surface area contributed by atoms with E-state index in [9.17, 15) is 15.0 Å². The molecule has 0 saturated heterocycles. The van der Waals surface area contributed by atoms with E-state index in [4.69, 9.17) is 4.74 Å². The lowest BCUT2D eigenvalue weighted by Gasteiger charge is -2.71. The minimum atomic E-state index is -0.673. The fourth-order valence-electron chi connectivity index (χ4n) is 11.2. The molecule has 4 saturated carbocycles. The first-order chi connectivity index (χ1) is 16.7. The lowest BCUT2D eigenvalue weighted by atomic mass is 9.33. The number of esters is 1. The lowest BCUT2D eigenvalue weighted by molar-refractivity contribution is -0.232. The highest BCUT2D eigenvalue weighted by Crippen LogP contribution is 2.75. The summed E-state index contributed by atoms with van der Waals surface area (Å²) in [4.78, 5) is 13.6. The third-order valence-corrected chi connectivity index (χ3v) is 13.5. The molecule has 0 aliphatic heterocycles. The van der Waals surface area contributed by atoms with E-state index >= 15 is 0 Å². The second-order valence-corrected chi connectivity index (χ2v) is 14.9. The average Bonchev–Trinajstić information content (AvgIpc) is 2.80. The number of carbonyl (C=O) groups excluding carboxylic acids is 1. The number of hydrogen-bond donors (Lipinski definition) is 2. The second-order valence-electron chi connectivity index (χ2n) is 14.9. The molecule has 0 spiro atoms. The van der Waals surface area contributed by atoms with E-state index in [0.717, 1.165) is 44.9 Å². The van der Waals surface area contributed by atoms with Crippen LogP contribution in [0.3, 0.4) is 0 Å². The molecule has 202 valence electrons. The molecule has 0 aromatic carbocycles. The summed E-state index contributed by atoms with van der Waals surface area (Å²) in [5, 5.41) is 22.0. The monoisotopic (exact) mass is 498 g/mol. The quantitative estimate of drug-likeness (QED) is 0.254. The first-order valence-electron chi connectivity index (χ1n) is 14.6. The van der Waals surface area contributed by atoms with E-state index in [2.05, 4.69) is 61.1 Å². The Bertz CT molecular complexity index is 967. The van der Waals surface area contributed by atoms with Crippen molar-refractivity contribution in [3.63, 3.8) is 0 Å². The van der Waals surface area contributed by atoms with Crippen LogP contribution < -0.4 is 0 Å². The van der Waals surface area contributed by atoms with E-state index < -0.39 is 17.6 Å². The Kier molecular flexibility index (Phi) is 6.02. The van der Waals surface area contributed by atoms with E-state index in [1.165, 1.54) is 11.8 Å². The zero-order valence-corrected chi connectivity index (χ0v) is 23.8. The van der Waals surface area contributed by atoms with Crippen molar-refractivity contribution in [1.82, 2.24) is 0 Å². The van der Waals surface area contributed by atoms with Crippen molar-refractivity contribution < 1.29 is 19.7 Å². The van der Waals surface area contributed by atoms with Crippen molar-refractivity contribution in [3.8, 4) is 0 Å². The van der Waals surface area contributed by atoms with Crippen LogP contribution in [0.15, 0.2) is 24.5 Å². The van der Waals surface area contributed by atoms with Crippen LogP contribution in [0.25, 0.3) is 0 Å². The second kappa shape index (κ2) is 8.18. The summed E-state index contributed by atoms with van der Waals surface area (Å²) in [7, 11) is 0. The minimum Gasteiger partial charge on any atom is -0.435 e. The molecule has 0 heterocycles. The van der Waals surface area contributed by atoms with Crippen molar-refractivity contribution in [2.45, 2.75) is 112 Å². The van der Waals surface area contributed by atoms with E-state index in [-0.39, 0.29) is 33.5 Å². The maximum Gasteiger partial charge on any atom is 0.317 e. The maximum atomic E-state index is 13.6. The fraction of sp³-hybridized carbons (Fsp3) is 0.844. The van der Waals surface area contributed by atoms with Crippen LogP contribution >= 0.6 is 0 Å². The molecule has 4 fully saturated rings. The van der Waals surface area contributed by atoms with Crippen LogP contribution in [0.5, 0.6) is 0 Å². The first kappa shape index (κ1) is 26.5. The van der Waals surface area contributed by atoms with Crippen LogP contribution in [-0.4, -0.2) is 28.4 Å². The number of rotatable bonds is 2.